The number of hydrogen-bond acceptors (Lipinski definition) is 5. The summed E-state index contributed by atoms with van der Waals surface area (Å²) in [6.07, 6.45) is 4.23. The zero-order chi connectivity index (χ0) is 27.1. The van der Waals surface area contributed by atoms with Crippen LogP contribution in [0.3, 0.4) is 0 Å². The van der Waals surface area contributed by atoms with Crippen molar-refractivity contribution in [3.8, 4) is 11.3 Å². The van der Waals surface area contributed by atoms with Gasteiger partial charge in [0.15, 0.2) is 11.5 Å². The zero-order valence-electron chi connectivity index (χ0n) is 21.3. The number of carbonyl (C=O) groups excluding carboxylic acids is 2. The fourth-order valence-electron chi connectivity index (χ4n) is 5.49. The molecule has 0 unspecified atom stereocenters. The Kier molecular flexibility index (Phi) is 6.66. The summed E-state index contributed by atoms with van der Waals surface area (Å²) in [5, 5.41) is 9.80. The lowest BCUT2D eigenvalue weighted by Crippen LogP contribution is -2.57. The number of piperidine rings is 1. The first-order chi connectivity index (χ1) is 18.8. The van der Waals surface area contributed by atoms with Crippen LogP contribution in [0, 0.1) is 29.3 Å². The molecule has 1 saturated heterocycles. The average molecular weight is 539 g/mol. The minimum absolute atomic E-state index is 0.00763. The van der Waals surface area contributed by atoms with E-state index in [1.165, 1.54) is 31.0 Å². The SMILES string of the molecule is O=C(N[C@H]1CCN(CC2CC2)C[C@@H]1C(=O)NC1(c2ccccc2F)CC1)c1cc(-c2ccc(F)cc2F)on1. The van der Waals surface area contributed by atoms with E-state index in [1.807, 2.05) is 0 Å². The molecule has 10 heteroatoms. The van der Waals surface area contributed by atoms with E-state index >= 15 is 0 Å². The number of hydrogen-bond donors (Lipinski definition) is 2. The van der Waals surface area contributed by atoms with Gasteiger partial charge in [0.1, 0.15) is 17.5 Å². The smallest absolute Gasteiger partial charge is 0.273 e. The quantitative estimate of drug-likeness (QED) is 0.444. The molecule has 204 valence electrons. The van der Waals surface area contributed by atoms with E-state index in [9.17, 15) is 22.8 Å². The van der Waals surface area contributed by atoms with Crippen LogP contribution in [0.4, 0.5) is 13.2 Å². The number of nitrogens with one attached hydrogen (secondary N) is 2. The molecule has 3 aromatic rings. The standard InChI is InChI=1S/C29H29F3N4O3/c30-18-7-8-19(23(32)13-18)26-14-25(35-39-26)28(38)33-24-9-12-36(15-17-5-6-17)16-20(24)27(37)34-29(10-11-29)21-3-1-2-4-22(21)31/h1-4,7-8,13-14,17,20,24H,5-6,9-12,15-16H2,(H,33,38)(H,34,37)/t20-,24-/m0/s1. The summed E-state index contributed by atoms with van der Waals surface area (Å²) in [6.45, 7) is 2.12. The van der Waals surface area contributed by atoms with Gasteiger partial charge in [-0.25, -0.2) is 13.2 Å². The van der Waals surface area contributed by atoms with Gasteiger partial charge in [-0.1, -0.05) is 23.4 Å². The maximum absolute atomic E-state index is 14.6. The molecule has 2 aliphatic carbocycles. The van der Waals surface area contributed by atoms with Crippen molar-refractivity contribution < 1.29 is 27.3 Å². The van der Waals surface area contributed by atoms with Gasteiger partial charge in [0, 0.05) is 43.4 Å². The van der Waals surface area contributed by atoms with Gasteiger partial charge in [0.2, 0.25) is 5.91 Å². The summed E-state index contributed by atoms with van der Waals surface area (Å²) < 4.78 is 47.2. The Morgan fingerprint density at radius 2 is 1.82 bits per heavy atom. The minimum atomic E-state index is -0.832. The predicted octanol–water partition coefficient (Wildman–Crippen LogP) is 4.39. The fourth-order valence-corrected chi connectivity index (χ4v) is 5.49. The average Bonchev–Trinajstić information content (AvgIpc) is 3.83. The predicted molar refractivity (Wildman–Crippen MR) is 136 cm³/mol. The van der Waals surface area contributed by atoms with Crippen LogP contribution in [0.2, 0.25) is 0 Å². The number of amides is 2. The Hall–Kier alpha value is -3.66. The van der Waals surface area contributed by atoms with Gasteiger partial charge >= 0.3 is 0 Å². The van der Waals surface area contributed by atoms with Crippen molar-refractivity contribution >= 4 is 11.8 Å². The zero-order valence-corrected chi connectivity index (χ0v) is 21.3. The third-order valence-corrected chi connectivity index (χ3v) is 8.00. The molecular formula is C29H29F3N4O3. The molecule has 0 spiro atoms. The summed E-state index contributed by atoms with van der Waals surface area (Å²) >= 11 is 0. The molecule has 3 aliphatic rings. The van der Waals surface area contributed by atoms with Gasteiger partial charge in [-0.3, -0.25) is 9.59 Å². The van der Waals surface area contributed by atoms with Gasteiger partial charge in [-0.2, -0.15) is 0 Å². The van der Waals surface area contributed by atoms with E-state index in [0.29, 0.717) is 37.3 Å². The molecule has 1 aromatic heterocycles. The number of rotatable bonds is 8. The summed E-state index contributed by atoms with van der Waals surface area (Å²) in [6, 6.07) is 10.3. The van der Waals surface area contributed by atoms with E-state index in [1.54, 1.807) is 18.2 Å². The lowest BCUT2D eigenvalue weighted by atomic mass is 9.89. The number of nitrogens with zero attached hydrogens (tertiary/aromatic N) is 2. The number of benzene rings is 2. The molecule has 2 heterocycles. The molecule has 2 atom stereocenters. The van der Waals surface area contributed by atoms with Gasteiger partial charge in [0.05, 0.1) is 17.0 Å². The van der Waals surface area contributed by atoms with Crippen molar-refractivity contribution in [2.75, 3.05) is 19.6 Å². The molecule has 7 nitrogen and oxygen atoms in total. The Morgan fingerprint density at radius 1 is 1.03 bits per heavy atom. The van der Waals surface area contributed by atoms with Crippen LogP contribution in [-0.2, 0) is 10.3 Å². The highest BCUT2D eigenvalue weighted by Gasteiger charge is 2.49. The van der Waals surface area contributed by atoms with Crippen LogP contribution in [0.25, 0.3) is 11.3 Å². The molecule has 3 fully saturated rings. The highest BCUT2D eigenvalue weighted by atomic mass is 19.1. The van der Waals surface area contributed by atoms with E-state index in [4.69, 9.17) is 4.52 Å². The van der Waals surface area contributed by atoms with Gasteiger partial charge in [-0.15, -0.1) is 0 Å². The largest absolute Gasteiger partial charge is 0.355 e. The molecule has 1 aliphatic heterocycles. The lowest BCUT2D eigenvalue weighted by Gasteiger charge is -2.38. The first-order valence-corrected chi connectivity index (χ1v) is 13.3. The van der Waals surface area contributed by atoms with Crippen LogP contribution >= 0.6 is 0 Å². The molecule has 2 saturated carbocycles. The van der Waals surface area contributed by atoms with Crippen molar-refractivity contribution in [3.63, 3.8) is 0 Å². The van der Waals surface area contributed by atoms with Gasteiger partial charge < -0.3 is 20.1 Å². The monoisotopic (exact) mass is 538 g/mol. The molecule has 2 aromatic carbocycles. The summed E-state index contributed by atoms with van der Waals surface area (Å²) in [5.74, 6) is -2.60. The van der Waals surface area contributed by atoms with Crippen molar-refractivity contribution in [1.29, 1.82) is 0 Å². The second-order valence-electron chi connectivity index (χ2n) is 10.9. The van der Waals surface area contributed by atoms with Gasteiger partial charge in [0.25, 0.3) is 5.91 Å². The summed E-state index contributed by atoms with van der Waals surface area (Å²) in [7, 11) is 0. The van der Waals surface area contributed by atoms with Crippen LogP contribution in [-0.4, -0.2) is 47.5 Å². The van der Waals surface area contributed by atoms with Crippen molar-refractivity contribution in [3.05, 3.63) is 77.2 Å². The molecule has 0 radical (unpaired) electrons. The minimum Gasteiger partial charge on any atom is -0.355 e. The normalized spacial score (nSPS) is 22.3. The van der Waals surface area contributed by atoms with Crippen LogP contribution in [0.15, 0.2) is 53.1 Å². The maximum Gasteiger partial charge on any atom is 0.273 e. The number of likely N-dealkylation sites (tertiary alicyclic amines) is 1. The highest BCUT2D eigenvalue weighted by molar-refractivity contribution is 5.94. The summed E-state index contributed by atoms with van der Waals surface area (Å²) in [5.41, 5.74) is -0.335. The second kappa shape index (κ2) is 10.1. The maximum atomic E-state index is 14.6. The third-order valence-electron chi connectivity index (χ3n) is 8.00. The first kappa shape index (κ1) is 25.6. The van der Waals surface area contributed by atoms with Gasteiger partial charge in [-0.05, 0) is 56.2 Å². The Labute approximate surface area is 223 Å². The highest BCUT2D eigenvalue weighted by Crippen LogP contribution is 2.46. The molecule has 2 N–H and O–H groups in total. The Bertz CT molecular complexity index is 1400. The topological polar surface area (TPSA) is 87.5 Å². The second-order valence-corrected chi connectivity index (χ2v) is 10.9. The Balaban J connectivity index is 1.18. The van der Waals surface area contributed by atoms with Crippen LogP contribution in [0.5, 0.6) is 0 Å². The van der Waals surface area contributed by atoms with Crippen molar-refractivity contribution in [2.24, 2.45) is 11.8 Å². The van der Waals surface area contributed by atoms with E-state index in [0.717, 1.165) is 25.2 Å². The van der Waals surface area contributed by atoms with Crippen molar-refractivity contribution in [1.82, 2.24) is 20.7 Å². The third kappa shape index (κ3) is 5.43. The number of halogens is 3. The Morgan fingerprint density at radius 3 is 2.54 bits per heavy atom. The first-order valence-electron chi connectivity index (χ1n) is 13.3. The molecule has 39 heavy (non-hydrogen) atoms. The van der Waals surface area contributed by atoms with E-state index in [-0.39, 0.29) is 28.7 Å². The van der Waals surface area contributed by atoms with Crippen LogP contribution in [0.1, 0.15) is 48.2 Å². The fraction of sp³-hybridized carbons (Fsp3) is 0.414. The molecule has 6 rings (SSSR count). The number of aromatic nitrogens is 1. The molecule has 2 amide bonds. The van der Waals surface area contributed by atoms with E-state index in [2.05, 4.69) is 20.7 Å². The van der Waals surface area contributed by atoms with Crippen LogP contribution < -0.4 is 10.6 Å². The van der Waals surface area contributed by atoms with E-state index < -0.39 is 35.0 Å². The lowest BCUT2D eigenvalue weighted by molar-refractivity contribution is -0.128. The number of carbonyl (C=O) groups is 2. The van der Waals surface area contributed by atoms with Crippen molar-refractivity contribution in [2.45, 2.75) is 43.7 Å². The summed E-state index contributed by atoms with van der Waals surface area (Å²) in [4.78, 5) is 29.0. The molecule has 0 bridgehead atoms. The molecular weight excluding hydrogens is 509 g/mol.